The SMILES string of the molecule is Cc1cc([C@H]2[C@@H](c3ccccn3)NC(=S)N2CCN2CCOCC2)c(C)n1-c1ccccc1C(F)(F)F. The maximum absolute atomic E-state index is 13.9. The summed E-state index contributed by atoms with van der Waals surface area (Å²) in [5.74, 6) is 0. The van der Waals surface area contributed by atoms with E-state index < -0.39 is 11.7 Å². The van der Waals surface area contributed by atoms with Crippen molar-refractivity contribution in [3.8, 4) is 5.69 Å². The Morgan fingerprint density at radius 1 is 1.05 bits per heavy atom. The number of para-hydroxylation sites is 1. The Balaban J connectivity index is 1.56. The monoisotopic (exact) mass is 529 g/mol. The predicted molar refractivity (Wildman–Crippen MR) is 140 cm³/mol. The molecule has 2 saturated heterocycles. The molecule has 0 radical (unpaired) electrons. The van der Waals surface area contributed by atoms with Gasteiger partial charge in [-0.2, -0.15) is 13.2 Å². The number of benzene rings is 1. The molecule has 2 aromatic heterocycles. The summed E-state index contributed by atoms with van der Waals surface area (Å²) in [5, 5.41) is 4.07. The highest BCUT2D eigenvalue weighted by Crippen LogP contribution is 2.42. The topological polar surface area (TPSA) is 45.6 Å². The molecule has 0 aliphatic carbocycles. The summed E-state index contributed by atoms with van der Waals surface area (Å²) >= 11 is 5.80. The van der Waals surface area contributed by atoms with Crippen LogP contribution < -0.4 is 5.32 Å². The first kappa shape index (κ1) is 25.7. The van der Waals surface area contributed by atoms with Gasteiger partial charge in [-0.25, -0.2) is 0 Å². The average molecular weight is 530 g/mol. The summed E-state index contributed by atoms with van der Waals surface area (Å²) in [6.07, 6.45) is -2.71. The van der Waals surface area contributed by atoms with E-state index in [9.17, 15) is 13.2 Å². The minimum absolute atomic E-state index is 0.124. The van der Waals surface area contributed by atoms with Crippen LogP contribution >= 0.6 is 12.2 Å². The smallest absolute Gasteiger partial charge is 0.379 e. The maximum atomic E-state index is 13.9. The Labute approximate surface area is 220 Å². The van der Waals surface area contributed by atoms with E-state index in [4.69, 9.17) is 17.0 Å². The van der Waals surface area contributed by atoms with Crippen LogP contribution in [-0.4, -0.2) is 63.9 Å². The first-order valence-electron chi connectivity index (χ1n) is 12.4. The third kappa shape index (κ3) is 5.10. The second-order valence-electron chi connectivity index (χ2n) is 9.45. The molecule has 0 saturated carbocycles. The molecule has 196 valence electrons. The Hall–Kier alpha value is -2.95. The highest BCUT2D eigenvalue weighted by Gasteiger charge is 2.42. The number of pyridine rings is 1. The number of halogens is 3. The lowest BCUT2D eigenvalue weighted by Crippen LogP contribution is -2.42. The molecule has 0 amide bonds. The molecule has 2 atom stereocenters. The normalized spacial score (nSPS) is 20.9. The van der Waals surface area contributed by atoms with Gasteiger partial charge in [-0.05, 0) is 62.0 Å². The van der Waals surface area contributed by atoms with Gasteiger partial charge >= 0.3 is 6.18 Å². The van der Waals surface area contributed by atoms with Gasteiger partial charge in [-0.3, -0.25) is 9.88 Å². The van der Waals surface area contributed by atoms with Crippen molar-refractivity contribution >= 4 is 17.3 Å². The summed E-state index contributed by atoms with van der Waals surface area (Å²) in [4.78, 5) is 9.09. The number of nitrogens with one attached hydrogen (secondary N) is 1. The summed E-state index contributed by atoms with van der Waals surface area (Å²) in [5.41, 5.74) is 2.72. The first-order chi connectivity index (χ1) is 17.8. The Morgan fingerprint density at radius 2 is 1.78 bits per heavy atom. The number of rotatable bonds is 6. The molecule has 0 bridgehead atoms. The van der Waals surface area contributed by atoms with Gasteiger partial charge in [0.2, 0.25) is 0 Å². The largest absolute Gasteiger partial charge is 0.418 e. The third-order valence-electron chi connectivity index (χ3n) is 7.20. The second-order valence-corrected chi connectivity index (χ2v) is 9.84. The van der Waals surface area contributed by atoms with Crippen LogP contribution in [0.4, 0.5) is 13.2 Å². The van der Waals surface area contributed by atoms with E-state index in [-0.39, 0.29) is 17.8 Å². The van der Waals surface area contributed by atoms with E-state index in [1.54, 1.807) is 16.8 Å². The third-order valence-corrected chi connectivity index (χ3v) is 7.55. The molecule has 2 aliphatic heterocycles. The number of alkyl halides is 3. The zero-order chi connectivity index (χ0) is 26.2. The van der Waals surface area contributed by atoms with Gasteiger partial charge in [-0.15, -0.1) is 0 Å². The van der Waals surface area contributed by atoms with Crippen LogP contribution in [0.3, 0.4) is 0 Å². The van der Waals surface area contributed by atoms with Crippen molar-refractivity contribution in [2.45, 2.75) is 32.1 Å². The minimum atomic E-state index is -4.46. The zero-order valence-corrected chi connectivity index (χ0v) is 21.6. The van der Waals surface area contributed by atoms with E-state index in [0.29, 0.717) is 24.9 Å². The molecular formula is C27H30F3N5OS. The van der Waals surface area contributed by atoms with E-state index in [1.807, 2.05) is 38.1 Å². The molecule has 2 fully saturated rings. The zero-order valence-electron chi connectivity index (χ0n) is 20.8. The first-order valence-corrected chi connectivity index (χ1v) is 12.8. The minimum Gasteiger partial charge on any atom is -0.379 e. The number of aromatic nitrogens is 2. The fraction of sp³-hybridized carbons (Fsp3) is 0.407. The number of ether oxygens (including phenoxy) is 1. The Morgan fingerprint density at radius 3 is 2.49 bits per heavy atom. The van der Waals surface area contributed by atoms with Crippen molar-refractivity contribution in [1.29, 1.82) is 0 Å². The van der Waals surface area contributed by atoms with Gasteiger partial charge in [-0.1, -0.05) is 18.2 Å². The number of thiocarbonyl (C=S) groups is 1. The van der Waals surface area contributed by atoms with Crippen molar-refractivity contribution in [3.63, 3.8) is 0 Å². The van der Waals surface area contributed by atoms with Crippen molar-refractivity contribution in [1.82, 2.24) is 24.7 Å². The highest BCUT2D eigenvalue weighted by atomic mass is 32.1. The molecule has 1 N–H and O–H groups in total. The van der Waals surface area contributed by atoms with Gasteiger partial charge in [0.1, 0.15) is 0 Å². The molecule has 0 spiro atoms. The van der Waals surface area contributed by atoms with E-state index in [0.717, 1.165) is 48.3 Å². The molecule has 3 aromatic rings. The molecule has 6 nitrogen and oxygen atoms in total. The number of hydrogen-bond donors (Lipinski definition) is 1. The Kier molecular flexibility index (Phi) is 7.24. The lowest BCUT2D eigenvalue weighted by molar-refractivity contribution is -0.137. The van der Waals surface area contributed by atoms with E-state index in [1.165, 1.54) is 12.1 Å². The van der Waals surface area contributed by atoms with Gasteiger partial charge in [0.15, 0.2) is 5.11 Å². The number of hydrogen-bond acceptors (Lipinski definition) is 4. The van der Waals surface area contributed by atoms with Gasteiger partial charge < -0.3 is 19.5 Å². The van der Waals surface area contributed by atoms with Crippen LogP contribution in [0.15, 0.2) is 54.7 Å². The molecule has 4 heterocycles. The van der Waals surface area contributed by atoms with Crippen LogP contribution in [0.1, 0.15) is 40.3 Å². The van der Waals surface area contributed by atoms with Crippen molar-refractivity contribution < 1.29 is 17.9 Å². The molecule has 2 aliphatic rings. The molecule has 37 heavy (non-hydrogen) atoms. The van der Waals surface area contributed by atoms with E-state index >= 15 is 0 Å². The standard InChI is InChI=1S/C27H30F3N5OS/c1-18-17-20(19(2)35(18)23-9-4-3-7-21(23)27(28,29)30)25-24(22-8-5-6-10-31-22)32-26(37)34(25)12-11-33-13-15-36-16-14-33/h3-10,17,24-25H,11-16H2,1-2H3,(H,32,37)/t24-,25+/m1/s1. The van der Waals surface area contributed by atoms with Crippen LogP contribution in [0.25, 0.3) is 5.69 Å². The lowest BCUT2D eigenvalue weighted by Gasteiger charge is -2.32. The highest BCUT2D eigenvalue weighted by molar-refractivity contribution is 7.80. The van der Waals surface area contributed by atoms with Crippen LogP contribution in [-0.2, 0) is 10.9 Å². The van der Waals surface area contributed by atoms with Crippen molar-refractivity contribution in [3.05, 3.63) is 82.9 Å². The van der Waals surface area contributed by atoms with Crippen molar-refractivity contribution in [2.24, 2.45) is 0 Å². The second kappa shape index (κ2) is 10.4. The van der Waals surface area contributed by atoms with Crippen LogP contribution in [0.5, 0.6) is 0 Å². The van der Waals surface area contributed by atoms with Gasteiger partial charge in [0.25, 0.3) is 0 Å². The quantitative estimate of drug-likeness (QED) is 0.463. The molecule has 1 aromatic carbocycles. The number of aryl methyl sites for hydroxylation is 1. The molecular weight excluding hydrogens is 499 g/mol. The Bertz CT molecular complexity index is 1260. The fourth-order valence-corrected chi connectivity index (χ4v) is 5.76. The molecule has 10 heteroatoms. The summed E-state index contributed by atoms with van der Waals surface area (Å²) in [6.45, 7) is 8.38. The summed E-state index contributed by atoms with van der Waals surface area (Å²) in [7, 11) is 0. The predicted octanol–water partition coefficient (Wildman–Crippen LogP) is 4.81. The maximum Gasteiger partial charge on any atom is 0.418 e. The van der Waals surface area contributed by atoms with Gasteiger partial charge in [0.05, 0.1) is 42.2 Å². The van der Waals surface area contributed by atoms with Crippen LogP contribution in [0.2, 0.25) is 0 Å². The van der Waals surface area contributed by atoms with Crippen LogP contribution in [0, 0.1) is 13.8 Å². The summed E-state index contributed by atoms with van der Waals surface area (Å²) in [6, 6.07) is 13.0. The van der Waals surface area contributed by atoms with Gasteiger partial charge in [0, 0.05) is 43.8 Å². The van der Waals surface area contributed by atoms with Crippen molar-refractivity contribution in [2.75, 3.05) is 39.4 Å². The lowest BCUT2D eigenvalue weighted by atomic mass is 9.96. The average Bonchev–Trinajstić information content (AvgIpc) is 3.37. The summed E-state index contributed by atoms with van der Waals surface area (Å²) < 4.78 is 48.9. The van der Waals surface area contributed by atoms with E-state index in [2.05, 4.69) is 20.1 Å². The molecule has 5 rings (SSSR count). The molecule has 0 unspecified atom stereocenters. The number of nitrogens with zero attached hydrogens (tertiary/aromatic N) is 4. The fourth-order valence-electron chi connectivity index (χ4n) is 5.42. The number of morpholine rings is 1.